The number of rotatable bonds is 6. The number of nitrogens with zero attached hydrogens (tertiary/aromatic N) is 2. The first-order valence-electron chi connectivity index (χ1n) is 6.73. The molecule has 2 aromatic rings. The van der Waals surface area contributed by atoms with Crippen LogP contribution >= 0.6 is 0 Å². The smallest absolute Gasteiger partial charge is 0.149 e. The summed E-state index contributed by atoms with van der Waals surface area (Å²) in [5.41, 5.74) is 2.06. The van der Waals surface area contributed by atoms with Gasteiger partial charge in [0, 0.05) is 32.4 Å². The Morgan fingerprint density at radius 3 is 2.62 bits per heavy atom. The summed E-state index contributed by atoms with van der Waals surface area (Å²) in [6.45, 7) is 0.609. The van der Waals surface area contributed by atoms with Gasteiger partial charge in [-0.1, -0.05) is 0 Å². The largest absolute Gasteiger partial charge is 0.497 e. The van der Waals surface area contributed by atoms with Gasteiger partial charge in [0.25, 0.3) is 0 Å². The molecule has 21 heavy (non-hydrogen) atoms. The molecule has 1 aromatic heterocycles. The van der Waals surface area contributed by atoms with Crippen molar-refractivity contribution in [2.24, 2.45) is 0 Å². The van der Waals surface area contributed by atoms with Gasteiger partial charge in [-0.05, 0) is 30.3 Å². The van der Waals surface area contributed by atoms with Crippen molar-refractivity contribution < 1.29 is 9.47 Å². The molecule has 0 saturated carbocycles. The third-order valence-corrected chi connectivity index (χ3v) is 3.20. The second-order valence-electron chi connectivity index (χ2n) is 4.80. The standard InChI is InChI=1S/C16H21N3O2/c1-19(2)14-6-5-9-17-16(14)18-11-12-10-13(20-3)7-8-15(12)21-4/h5-10H,11H2,1-4H3,(H,17,18). The zero-order valence-electron chi connectivity index (χ0n) is 12.9. The van der Waals surface area contributed by atoms with E-state index in [2.05, 4.69) is 10.3 Å². The van der Waals surface area contributed by atoms with Crippen molar-refractivity contribution >= 4 is 11.5 Å². The molecular formula is C16H21N3O2. The predicted molar refractivity (Wildman–Crippen MR) is 85.4 cm³/mol. The summed E-state index contributed by atoms with van der Waals surface area (Å²) in [6.07, 6.45) is 1.78. The maximum atomic E-state index is 5.38. The number of methoxy groups -OCH3 is 2. The molecule has 0 saturated heterocycles. The third-order valence-electron chi connectivity index (χ3n) is 3.20. The molecule has 1 N–H and O–H groups in total. The lowest BCUT2D eigenvalue weighted by atomic mass is 10.2. The number of hydrogen-bond acceptors (Lipinski definition) is 5. The number of aromatic nitrogens is 1. The zero-order chi connectivity index (χ0) is 15.2. The van der Waals surface area contributed by atoms with Gasteiger partial charge in [0.1, 0.15) is 17.3 Å². The minimum atomic E-state index is 0.609. The Bertz CT molecular complexity index is 600. The van der Waals surface area contributed by atoms with Crippen LogP contribution in [0.5, 0.6) is 11.5 Å². The molecule has 5 heteroatoms. The van der Waals surface area contributed by atoms with Crippen molar-refractivity contribution in [2.45, 2.75) is 6.54 Å². The average Bonchev–Trinajstić information content (AvgIpc) is 2.52. The summed E-state index contributed by atoms with van der Waals surface area (Å²) < 4.78 is 10.6. The van der Waals surface area contributed by atoms with Crippen molar-refractivity contribution in [3.63, 3.8) is 0 Å². The van der Waals surface area contributed by atoms with E-state index in [-0.39, 0.29) is 0 Å². The van der Waals surface area contributed by atoms with Crippen LogP contribution in [0.3, 0.4) is 0 Å². The van der Waals surface area contributed by atoms with Crippen molar-refractivity contribution in [3.8, 4) is 11.5 Å². The molecule has 0 spiro atoms. The minimum Gasteiger partial charge on any atom is -0.497 e. The Balaban J connectivity index is 2.20. The first-order chi connectivity index (χ1) is 10.2. The fourth-order valence-electron chi connectivity index (χ4n) is 2.09. The van der Waals surface area contributed by atoms with E-state index in [4.69, 9.17) is 9.47 Å². The van der Waals surface area contributed by atoms with Crippen molar-refractivity contribution in [2.75, 3.05) is 38.5 Å². The van der Waals surface area contributed by atoms with E-state index >= 15 is 0 Å². The van der Waals surface area contributed by atoms with Gasteiger partial charge < -0.3 is 19.7 Å². The SMILES string of the molecule is COc1ccc(OC)c(CNc2ncccc2N(C)C)c1. The fourth-order valence-corrected chi connectivity index (χ4v) is 2.09. The summed E-state index contributed by atoms with van der Waals surface area (Å²) in [7, 11) is 7.31. The molecule has 0 unspecified atom stereocenters. The molecule has 0 amide bonds. The quantitative estimate of drug-likeness (QED) is 0.885. The number of benzene rings is 1. The van der Waals surface area contributed by atoms with Gasteiger partial charge >= 0.3 is 0 Å². The van der Waals surface area contributed by atoms with Gasteiger partial charge in [0.05, 0.1) is 19.9 Å². The Hall–Kier alpha value is -2.43. The summed E-state index contributed by atoms with van der Waals surface area (Å²) in [6, 6.07) is 9.70. The topological polar surface area (TPSA) is 46.6 Å². The highest BCUT2D eigenvalue weighted by atomic mass is 16.5. The van der Waals surface area contributed by atoms with E-state index in [0.717, 1.165) is 28.6 Å². The number of hydrogen-bond donors (Lipinski definition) is 1. The molecule has 1 heterocycles. The molecule has 0 fully saturated rings. The number of nitrogens with one attached hydrogen (secondary N) is 1. The molecular weight excluding hydrogens is 266 g/mol. The van der Waals surface area contributed by atoms with E-state index in [1.165, 1.54) is 0 Å². The Kier molecular flexibility index (Phi) is 4.87. The lowest BCUT2D eigenvalue weighted by Crippen LogP contribution is -2.13. The van der Waals surface area contributed by atoms with Gasteiger partial charge in [-0.25, -0.2) is 4.98 Å². The van der Waals surface area contributed by atoms with Crippen molar-refractivity contribution in [1.29, 1.82) is 0 Å². The first-order valence-corrected chi connectivity index (χ1v) is 6.73. The second-order valence-corrected chi connectivity index (χ2v) is 4.80. The maximum absolute atomic E-state index is 5.38. The number of anilines is 2. The highest BCUT2D eigenvalue weighted by Crippen LogP contribution is 2.26. The van der Waals surface area contributed by atoms with E-state index in [0.29, 0.717) is 6.54 Å². The highest BCUT2D eigenvalue weighted by Gasteiger charge is 2.08. The van der Waals surface area contributed by atoms with E-state index in [1.54, 1.807) is 20.4 Å². The predicted octanol–water partition coefficient (Wildman–Crippen LogP) is 2.78. The molecule has 0 aliphatic heterocycles. The van der Waals surface area contributed by atoms with Crippen LogP contribution in [0.25, 0.3) is 0 Å². The molecule has 0 radical (unpaired) electrons. The van der Waals surface area contributed by atoms with Gasteiger partial charge in [0.15, 0.2) is 0 Å². The van der Waals surface area contributed by atoms with E-state index in [9.17, 15) is 0 Å². The van der Waals surface area contributed by atoms with Crippen LogP contribution in [0.4, 0.5) is 11.5 Å². The van der Waals surface area contributed by atoms with Gasteiger partial charge in [0.2, 0.25) is 0 Å². The zero-order valence-corrected chi connectivity index (χ0v) is 12.9. The average molecular weight is 287 g/mol. The summed E-state index contributed by atoms with van der Waals surface area (Å²) >= 11 is 0. The van der Waals surface area contributed by atoms with Crippen LogP contribution in [0.15, 0.2) is 36.5 Å². The fraction of sp³-hybridized carbons (Fsp3) is 0.312. The number of ether oxygens (including phenoxy) is 2. The van der Waals surface area contributed by atoms with E-state index in [1.807, 2.05) is 49.3 Å². The monoisotopic (exact) mass is 287 g/mol. The van der Waals surface area contributed by atoms with Crippen molar-refractivity contribution in [1.82, 2.24) is 4.98 Å². The van der Waals surface area contributed by atoms with Crippen LogP contribution in [-0.2, 0) is 6.54 Å². The molecule has 0 aliphatic rings. The van der Waals surface area contributed by atoms with Gasteiger partial charge in [-0.15, -0.1) is 0 Å². The molecule has 0 atom stereocenters. The summed E-state index contributed by atoms with van der Waals surface area (Å²) in [5, 5.41) is 3.35. The Labute approximate surface area is 125 Å². The maximum Gasteiger partial charge on any atom is 0.149 e. The molecule has 1 aromatic carbocycles. The van der Waals surface area contributed by atoms with Gasteiger partial charge in [-0.2, -0.15) is 0 Å². The summed E-state index contributed by atoms with van der Waals surface area (Å²) in [4.78, 5) is 6.41. The van der Waals surface area contributed by atoms with Crippen LogP contribution in [0.1, 0.15) is 5.56 Å². The molecule has 0 aliphatic carbocycles. The minimum absolute atomic E-state index is 0.609. The molecule has 5 nitrogen and oxygen atoms in total. The molecule has 2 rings (SSSR count). The second kappa shape index (κ2) is 6.83. The third kappa shape index (κ3) is 3.56. The first kappa shape index (κ1) is 15.0. The molecule has 0 bridgehead atoms. The van der Waals surface area contributed by atoms with Gasteiger partial charge in [-0.3, -0.25) is 0 Å². The van der Waals surface area contributed by atoms with Crippen LogP contribution in [0, 0.1) is 0 Å². The van der Waals surface area contributed by atoms with E-state index < -0.39 is 0 Å². The van der Waals surface area contributed by atoms with Crippen molar-refractivity contribution in [3.05, 3.63) is 42.1 Å². The lowest BCUT2D eigenvalue weighted by molar-refractivity contribution is 0.399. The van der Waals surface area contributed by atoms with Crippen LogP contribution in [0.2, 0.25) is 0 Å². The lowest BCUT2D eigenvalue weighted by Gasteiger charge is -2.18. The Morgan fingerprint density at radius 1 is 1.14 bits per heavy atom. The van der Waals surface area contributed by atoms with Crippen LogP contribution in [-0.4, -0.2) is 33.3 Å². The normalized spacial score (nSPS) is 10.1. The summed E-state index contributed by atoms with van der Waals surface area (Å²) in [5.74, 6) is 2.47. The van der Waals surface area contributed by atoms with Crippen LogP contribution < -0.4 is 19.7 Å². The number of pyridine rings is 1. The Morgan fingerprint density at radius 2 is 1.95 bits per heavy atom. The molecule has 112 valence electrons. The highest BCUT2D eigenvalue weighted by molar-refractivity contribution is 5.65.